The highest BCUT2D eigenvalue weighted by molar-refractivity contribution is 6.35. The first-order valence-corrected chi connectivity index (χ1v) is 5.60. The van der Waals surface area contributed by atoms with Crippen molar-refractivity contribution in [2.24, 2.45) is 0 Å². The molecule has 0 spiro atoms. The van der Waals surface area contributed by atoms with E-state index in [1.165, 1.54) is 0 Å². The summed E-state index contributed by atoms with van der Waals surface area (Å²) in [6.45, 7) is 0.326. The number of amides is 1. The van der Waals surface area contributed by atoms with Crippen molar-refractivity contribution in [3.63, 3.8) is 0 Å². The van der Waals surface area contributed by atoms with Gasteiger partial charge in [0.2, 0.25) is 0 Å². The molecule has 1 unspecified atom stereocenters. The topological polar surface area (TPSA) is 51.2 Å². The smallest absolute Gasteiger partial charge is 0.407 e. The number of alkyl carbamates (subject to hydrolysis) is 1. The average Bonchev–Trinajstić information content (AvgIpc) is 2.77. The molecule has 1 amide bonds. The molecule has 1 aromatic carbocycles. The number of hydrogen-bond acceptors (Lipinski definition) is 3. The van der Waals surface area contributed by atoms with Crippen LogP contribution in [0.3, 0.4) is 0 Å². The minimum Gasteiger partial charge on any atom is -0.447 e. The van der Waals surface area contributed by atoms with Gasteiger partial charge >= 0.3 is 6.09 Å². The van der Waals surface area contributed by atoms with Crippen molar-refractivity contribution in [1.29, 1.82) is 0 Å². The zero-order valence-electron chi connectivity index (χ0n) is 8.81. The van der Waals surface area contributed by atoms with Crippen LogP contribution in [0, 0.1) is 0 Å². The molecule has 17 heavy (non-hydrogen) atoms. The van der Waals surface area contributed by atoms with E-state index < -0.39 is 6.09 Å². The molecule has 2 aromatic rings. The maximum atomic E-state index is 11.1. The van der Waals surface area contributed by atoms with Gasteiger partial charge < -0.3 is 10.1 Å². The van der Waals surface area contributed by atoms with Crippen LogP contribution in [0.1, 0.15) is 11.6 Å². The second-order valence-electron chi connectivity index (χ2n) is 3.83. The number of pyridine rings is 1. The summed E-state index contributed by atoms with van der Waals surface area (Å²) >= 11 is 6.11. The van der Waals surface area contributed by atoms with Gasteiger partial charge in [-0.05, 0) is 18.2 Å². The van der Waals surface area contributed by atoms with Crippen LogP contribution in [0.5, 0.6) is 0 Å². The van der Waals surface area contributed by atoms with E-state index in [2.05, 4.69) is 10.3 Å². The van der Waals surface area contributed by atoms with Crippen LogP contribution >= 0.6 is 11.6 Å². The summed E-state index contributed by atoms with van der Waals surface area (Å²) in [4.78, 5) is 15.4. The number of fused-ring (bicyclic) bond motifs is 1. The first kappa shape index (κ1) is 10.4. The molecule has 3 rings (SSSR count). The Hall–Kier alpha value is -1.81. The molecule has 1 aromatic heterocycles. The summed E-state index contributed by atoms with van der Waals surface area (Å²) in [7, 11) is 0. The predicted octanol–water partition coefficient (Wildman–Crippen LogP) is 2.67. The normalized spacial score (nSPS) is 19.1. The largest absolute Gasteiger partial charge is 0.447 e. The monoisotopic (exact) mass is 248 g/mol. The van der Waals surface area contributed by atoms with E-state index in [4.69, 9.17) is 16.3 Å². The van der Waals surface area contributed by atoms with Gasteiger partial charge in [0.1, 0.15) is 6.61 Å². The number of carbonyl (C=O) groups is 1. The van der Waals surface area contributed by atoms with E-state index in [9.17, 15) is 4.79 Å². The van der Waals surface area contributed by atoms with Crippen molar-refractivity contribution in [2.45, 2.75) is 6.04 Å². The highest BCUT2D eigenvalue weighted by atomic mass is 35.5. The van der Waals surface area contributed by atoms with Gasteiger partial charge in [0.05, 0.1) is 11.6 Å². The van der Waals surface area contributed by atoms with Gasteiger partial charge in [0, 0.05) is 22.2 Å². The van der Waals surface area contributed by atoms with E-state index in [0.717, 1.165) is 16.5 Å². The Morgan fingerprint density at radius 2 is 2.29 bits per heavy atom. The number of nitrogens with zero attached hydrogens (tertiary/aromatic N) is 1. The number of ether oxygens (including phenoxy) is 1. The Morgan fingerprint density at radius 1 is 1.41 bits per heavy atom. The summed E-state index contributed by atoms with van der Waals surface area (Å²) < 4.78 is 4.89. The average molecular weight is 249 g/mol. The first-order valence-electron chi connectivity index (χ1n) is 5.22. The highest BCUT2D eigenvalue weighted by Crippen LogP contribution is 2.29. The van der Waals surface area contributed by atoms with Crippen LogP contribution in [-0.2, 0) is 4.74 Å². The summed E-state index contributed by atoms with van der Waals surface area (Å²) in [5.74, 6) is 0. The molecule has 2 heterocycles. The third-order valence-corrected chi connectivity index (χ3v) is 3.13. The van der Waals surface area contributed by atoms with Crippen molar-refractivity contribution in [3.8, 4) is 0 Å². The molecule has 0 aliphatic carbocycles. The Kier molecular flexibility index (Phi) is 2.37. The summed E-state index contributed by atoms with van der Waals surface area (Å²) in [5, 5.41) is 4.27. The SMILES string of the molecule is O=C1NC(c2ccc(Cl)c3cccnc23)CO1. The molecule has 1 atom stereocenters. The molecule has 0 radical (unpaired) electrons. The van der Waals surface area contributed by atoms with Crippen molar-refractivity contribution >= 4 is 28.6 Å². The standard InChI is InChI=1S/C12H9ClN2O2/c13-9-4-3-8(10-6-17-12(16)15-10)11-7(9)2-1-5-14-11/h1-5,10H,6H2,(H,15,16). The van der Waals surface area contributed by atoms with E-state index in [1.54, 1.807) is 6.20 Å². The molecule has 1 N–H and O–H groups in total. The molecule has 86 valence electrons. The lowest BCUT2D eigenvalue weighted by Gasteiger charge is -2.11. The second kappa shape index (κ2) is 3.89. The quantitative estimate of drug-likeness (QED) is 0.844. The minimum absolute atomic E-state index is 0.155. The first-order chi connectivity index (χ1) is 8.25. The lowest BCUT2D eigenvalue weighted by molar-refractivity contribution is 0.177. The fourth-order valence-electron chi connectivity index (χ4n) is 1.99. The number of benzene rings is 1. The van der Waals surface area contributed by atoms with Gasteiger partial charge in [-0.15, -0.1) is 0 Å². The zero-order valence-corrected chi connectivity index (χ0v) is 9.57. The Morgan fingerprint density at radius 3 is 3.06 bits per heavy atom. The number of carbonyl (C=O) groups excluding carboxylic acids is 1. The Bertz CT molecular complexity index is 600. The van der Waals surface area contributed by atoms with Gasteiger partial charge in [0.15, 0.2) is 0 Å². The van der Waals surface area contributed by atoms with Crippen molar-refractivity contribution < 1.29 is 9.53 Å². The fourth-order valence-corrected chi connectivity index (χ4v) is 2.21. The molecule has 0 saturated carbocycles. The van der Waals surface area contributed by atoms with Crippen molar-refractivity contribution in [1.82, 2.24) is 10.3 Å². The van der Waals surface area contributed by atoms with E-state index in [0.29, 0.717) is 11.6 Å². The molecular weight excluding hydrogens is 240 g/mol. The van der Waals surface area contributed by atoms with Crippen LogP contribution < -0.4 is 5.32 Å². The molecule has 5 heteroatoms. The summed E-state index contributed by atoms with van der Waals surface area (Å²) in [5.41, 5.74) is 1.73. The van der Waals surface area contributed by atoms with Crippen molar-refractivity contribution in [3.05, 3.63) is 41.0 Å². The lowest BCUT2D eigenvalue weighted by atomic mass is 10.0. The van der Waals surface area contributed by atoms with Crippen molar-refractivity contribution in [2.75, 3.05) is 6.61 Å². The number of nitrogens with one attached hydrogen (secondary N) is 1. The van der Waals surface area contributed by atoms with E-state index in [-0.39, 0.29) is 6.04 Å². The van der Waals surface area contributed by atoms with Gasteiger partial charge in [-0.1, -0.05) is 17.7 Å². The van der Waals surface area contributed by atoms with Crippen LogP contribution in [0.15, 0.2) is 30.5 Å². The molecule has 1 aliphatic heterocycles. The van der Waals surface area contributed by atoms with Crippen LogP contribution in [0.2, 0.25) is 5.02 Å². The number of aromatic nitrogens is 1. The Labute approximate surface area is 103 Å². The Balaban J connectivity index is 2.17. The highest BCUT2D eigenvalue weighted by Gasteiger charge is 2.25. The van der Waals surface area contributed by atoms with Gasteiger partial charge in [-0.3, -0.25) is 4.98 Å². The zero-order chi connectivity index (χ0) is 11.8. The summed E-state index contributed by atoms with van der Waals surface area (Å²) in [6.07, 6.45) is 1.31. The predicted molar refractivity (Wildman–Crippen MR) is 64.0 cm³/mol. The maximum Gasteiger partial charge on any atom is 0.407 e. The van der Waals surface area contributed by atoms with E-state index in [1.807, 2.05) is 24.3 Å². The molecule has 4 nitrogen and oxygen atoms in total. The number of rotatable bonds is 1. The molecule has 0 bridgehead atoms. The third kappa shape index (κ3) is 1.70. The maximum absolute atomic E-state index is 11.1. The number of hydrogen-bond donors (Lipinski definition) is 1. The third-order valence-electron chi connectivity index (χ3n) is 2.80. The lowest BCUT2D eigenvalue weighted by Crippen LogP contribution is -2.18. The van der Waals surface area contributed by atoms with Gasteiger partial charge in [-0.2, -0.15) is 0 Å². The summed E-state index contributed by atoms with van der Waals surface area (Å²) in [6, 6.07) is 7.27. The van der Waals surface area contributed by atoms with Gasteiger partial charge in [0.25, 0.3) is 0 Å². The molecule has 1 saturated heterocycles. The van der Waals surface area contributed by atoms with Crippen LogP contribution in [0.4, 0.5) is 4.79 Å². The number of cyclic esters (lactones) is 1. The number of halogens is 1. The second-order valence-corrected chi connectivity index (χ2v) is 4.24. The molecule has 1 aliphatic rings. The minimum atomic E-state index is -0.394. The van der Waals surface area contributed by atoms with Crippen LogP contribution in [-0.4, -0.2) is 17.7 Å². The van der Waals surface area contributed by atoms with E-state index >= 15 is 0 Å². The fraction of sp³-hybridized carbons (Fsp3) is 0.167. The molecule has 1 fully saturated rings. The van der Waals surface area contributed by atoms with Gasteiger partial charge in [-0.25, -0.2) is 4.79 Å². The van der Waals surface area contributed by atoms with Crippen LogP contribution in [0.25, 0.3) is 10.9 Å². The molecular formula is C12H9ClN2O2.